The Balaban J connectivity index is 1.64. The molecule has 0 atom stereocenters. The molecule has 0 saturated heterocycles. The largest absolute Gasteiger partial charge is 0.481 e. The van der Waals surface area contributed by atoms with Crippen molar-refractivity contribution < 1.29 is 19.4 Å². The minimum absolute atomic E-state index is 0.169. The van der Waals surface area contributed by atoms with Crippen LogP contribution in [0.1, 0.15) is 42.9 Å². The molecular weight excluding hydrogens is 354 g/mol. The van der Waals surface area contributed by atoms with Crippen LogP contribution in [0, 0.1) is 11.8 Å². The molecular formula is C23H25NO4. The van der Waals surface area contributed by atoms with Crippen LogP contribution in [0.15, 0.2) is 48.5 Å². The summed E-state index contributed by atoms with van der Waals surface area (Å²) in [5.74, 6) is -0.674. The molecule has 1 N–H and O–H groups in total. The average molecular weight is 379 g/mol. The predicted octanol–water partition coefficient (Wildman–Crippen LogP) is 4.72. The van der Waals surface area contributed by atoms with Crippen LogP contribution >= 0.6 is 0 Å². The van der Waals surface area contributed by atoms with Crippen molar-refractivity contribution in [3.05, 3.63) is 59.7 Å². The number of amides is 1. The molecule has 5 nitrogen and oxygen atoms in total. The number of aliphatic carboxylic acids is 1. The molecule has 0 aromatic heterocycles. The average Bonchev–Trinajstić information content (AvgIpc) is 3.06. The van der Waals surface area contributed by atoms with E-state index in [9.17, 15) is 14.7 Å². The lowest BCUT2D eigenvalue weighted by Crippen LogP contribution is -2.39. The second-order valence-electron chi connectivity index (χ2n) is 7.76. The van der Waals surface area contributed by atoms with E-state index < -0.39 is 5.97 Å². The molecule has 0 spiro atoms. The monoisotopic (exact) mass is 379 g/mol. The van der Waals surface area contributed by atoms with E-state index in [2.05, 4.69) is 24.3 Å². The maximum atomic E-state index is 12.8. The minimum atomic E-state index is -0.707. The van der Waals surface area contributed by atoms with E-state index in [1.54, 1.807) is 0 Å². The molecule has 146 valence electrons. The molecule has 4 rings (SSSR count). The van der Waals surface area contributed by atoms with Gasteiger partial charge in [0.1, 0.15) is 0 Å². The number of carbonyl (C=O) groups excluding carboxylic acids is 1. The minimum Gasteiger partial charge on any atom is -0.481 e. The van der Waals surface area contributed by atoms with Crippen LogP contribution < -0.4 is 0 Å². The number of carbonyl (C=O) groups is 2. The van der Waals surface area contributed by atoms with Crippen molar-refractivity contribution in [2.24, 2.45) is 11.8 Å². The topological polar surface area (TPSA) is 66.8 Å². The molecule has 0 heterocycles. The first-order chi connectivity index (χ1) is 13.6. The van der Waals surface area contributed by atoms with Gasteiger partial charge < -0.3 is 9.84 Å². The maximum Gasteiger partial charge on any atom is 0.410 e. The van der Waals surface area contributed by atoms with Crippen molar-refractivity contribution in [3.8, 4) is 11.1 Å². The van der Waals surface area contributed by atoms with Gasteiger partial charge >= 0.3 is 12.1 Å². The Labute approximate surface area is 164 Å². The lowest BCUT2D eigenvalue weighted by Gasteiger charge is -2.35. The van der Waals surface area contributed by atoms with E-state index in [1.807, 2.05) is 29.2 Å². The number of carboxylic acids is 1. The SMILES string of the molecule is COC(=O)N(CC1CCC(C(=O)O)CC1)C1c2ccccc2-c2ccccc21. The number of hydrogen-bond acceptors (Lipinski definition) is 3. The zero-order chi connectivity index (χ0) is 19.7. The molecule has 0 unspecified atom stereocenters. The Morgan fingerprint density at radius 3 is 2.00 bits per heavy atom. The number of fused-ring (bicyclic) bond motifs is 3. The number of ether oxygens (including phenoxy) is 1. The summed E-state index contributed by atoms with van der Waals surface area (Å²) >= 11 is 0. The number of benzene rings is 2. The van der Waals surface area contributed by atoms with Gasteiger partial charge in [0.05, 0.1) is 19.1 Å². The fourth-order valence-electron chi connectivity index (χ4n) is 4.74. The second-order valence-corrected chi connectivity index (χ2v) is 7.76. The number of methoxy groups -OCH3 is 1. The second kappa shape index (κ2) is 7.66. The molecule has 28 heavy (non-hydrogen) atoms. The van der Waals surface area contributed by atoms with E-state index in [4.69, 9.17) is 4.74 Å². The van der Waals surface area contributed by atoms with Crippen LogP contribution in [-0.2, 0) is 9.53 Å². The standard InChI is InChI=1S/C23H25NO4/c1-28-23(27)24(14-15-10-12-16(13-11-15)22(25)26)21-19-8-4-2-6-17(19)18-7-3-5-9-20(18)21/h2-9,15-16,21H,10-14H2,1H3,(H,25,26). The van der Waals surface area contributed by atoms with Gasteiger partial charge in [-0.25, -0.2) is 4.79 Å². The number of carboxylic acid groups (broad SMARTS) is 1. The summed E-state index contributed by atoms with van der Waals surface area (Å²) in [4.78, 5) is 25.8. The highest BCUT2D eigenvalue weighted by atomic mass is 16.5. The molecule has 2 aromatic rings. The van der Waals surface area contributed by atoms with Gasteiger partial charge in [-0.3, -0.25) is 9.69 Å². The van der Waals surface area contributed by atoms with Gasteiger partial charge in [-0.05, 0) is 53.9 Å². The lowest BCUT2D eigenvalue weighted by atomic mass is 9.81. The van der Waals surface area contributed by atoms with Crippen molar-refractivity contribution >= 4 is 12.1 Å². The third-order valence-electron chi connectivity index (χ3n) is 6.17. The Bertz CT molecular complexity index is 840. The lowest BCUT2D eigenvalue weighted by molar-refractivity contribution is -0.143. The van der Waals surface area contributed by atoms with Gasteiger partial charge in [-0.1, -0.05) is 48.5 Å². The van der Waals surface area contributed by atoms with Crippen LogP contribution in [0.5, 0.6) is 0 Å². The van der Waals surface area contributed by atoms with Crippen LogP contribution in [0.25, 0.3) is 11.1 Å². The highest BCUT2D eigenvalue weighted by Gasteiger charge is 2.37. The summed E-state index contributed by atoms with van der Waals surface area (Å²) in [7, 11) is 1.42. The first kappa shape index (κ1) is 18.5. The first-order valence-electron chi connectivity index (χ1n) is 9.85. The fraction of sp³-hybridized carbons (Fsp3) is 0.391. The number of hydrogen-bond donors (Lipinski definition) is 1. The Hall–Kier alpha value is -2.82. The molecule has 0 radical (unpaired) electrons. The Morgan fingerprint density at radius 2 is 1.50 bits per heavy atom. The number of rotatable bonds is 4. The van der Waals surface area contributed by atoms with E-state index in [0.29, 0.717) is 19.4 Å². The summed E-state index contributed by atoms with van der Waals surface area (Å²) < 4.78 is 5.15. The van der Waals surface area contributed by atoms with Gasteiger partial charge in [-0.2, -0.15) is 0 Å². The van der Waals surface area contributed by atoms with Crippen molar-refractivity contribution in [1.82, 2.24) is 4.90 Å². The molecule has 0 bridgehead atoms. The quantitative estimate of drug-likeness (QED) is 0.835. The molecule has 2 aromatic carbocycles. The van der Waals surface area contributed by atoms with E-state index in [-0.39, 0.29) is 24.0 Å². The summed E-state index contributed by atoms with van der Waals surface area (Å²) in [6.07, 6.45) is 2.65. The van der Waals surface area contributed by atoms with Crippen LogP contribution in [0.4, 0.5) is 4.79 Å². The normalized spacial score (nSPS) is 20.9. The third kappa shape index (κ3) is 3.26. The summed E-state index contributed by atoms with van der Waals surface area (Å²) in [6.45, 7) is 0.576. The summed E-state index contributed by atoms with van der Waals surface area (Å²) in [5, 5.41) is 9.24. The molecule has 1 amide bonds. The summed E-state index contributed by atoms with van der Waals surface area (Å²) in [5.41, 5.74) is 4.56. The highest BCUT2D eigenvalue weighted by molar-refractivity contribution is 5.81. The molecule has 1 fully saturated rings. The van der Waals surface area contributed by atoms with Gasteiger partial charge in [0.2, 0.25) is 0 Å². The Kier molecular flexibility index (Phi) is 5.07. The van der Waals surface area contributed by atoms with Gasteiger partial charge in [-0.15, -0.1) is 0 Å². The predicted molar refractivity (Wildman–Crippen MR) is 106 cm³/mol. The smallest absolute Gasteiger partial charge is 0.410 e. The van der Waals surface area contributed by atoms with Crippen LogP contribution in [0.3, 0.4) is 0 Å². The van der Waals surface area contributed by atoms with Gasteiger partial charge in [0.25, 0.3) is 0 Å². The number of nitrogens with zero attached hydrogens (tertiary/aromatic N) is 1. The van der Waals surface area contributed by atoms with Crippen molar-refractivity contribution in [3.63, 3.8) is 0 Å². The van der Waals surface area contributed by atoms with Crippen molar-refractivity contribution in [1.29, 1.82) is 0 Å². The van der Waals surface area contributed by atoms with Crippen molar-refractivity contribution in [2.75, 3.05) is 13.7 Å². The maximum absolute atomic E-state index is 12.8. The zero-order valence-corrected chi connectivity index (χ0v) is 16.0. The molecule has 1 saturated carbocycles. The fourth-order valence-corrected chi connectivity index (χ4v) is 4.74. The molecule has 5 heteroatoms. The first-order valence-corrected chi connectivity index (χ1v) is 9.85. The molecule has 0 aliphatic heterocycles. The third-order valence-corrected chi connectivity index (χ3v) is 6.17. The zero-order valence-electron chi connectivity index (χ0n) is 16.0. The van der Waals surface area contributed by atoms with E-state index in [0.717, 1.165) is 35.1 Å². The Morgan fingerprint density at radius 1 is 0.964 bits per heavy atom. The molecule has 2 aliphatic rings. The highest BCUT2D eigenvalue weighted by Crippen LogP contribution is 2.47. The van der Waals surface area contributed by atoms with E-state index in [1.165, 1.54) is 7.11 Å². The van der Waals surface area contributed by atoms with Crippen molar-refractivity contribution in [2.45, 2.75) is 31.7 Å². The summed E-state index contributed by atoms with van der Waals surface area (Å²) in [6, 6.07) is 16.2. The van der Waals surface area contributed by atoms with Gasteiger partial charge in [0.15, 0.2) is 0 Å². The van der Waals surface area contributed by atoms with E-state index >= 15 is 0 Å². The van der Waals surface area contributed by atoms with Crippen LogP contribution in [0.2, 0.25) is 0 Å². The van der Waals surface area contributed by atoms with Gasteiger partial charge in [0, 0.05) is 6.54 Å². The molecule has 2 aliphatic carbocycles. The van der Waals surface area contributed by atoms with Crippen LogP contribution in [-0.4, -0.2) is 35.7 Å².